The molecule has 1 amide bonds. The quantitative estimate of drug-likeness (QED) is 0.504. The Morgan fingerprint density at radius 1 is 1.06 bits per heavy atom. The molecule has 5 rings (SSSR count). The zero-order valence-corrected chi connectivity index (χ0v) is 22.1. The Kier molecular flexibility index (Phi) is 8.40. The molecule has 3 aliphatic heterocycles. The number of amides is 1. The number of hydrogen-bond acceptors (Lipinski definition) is 4. The number of likely N-dealkylation sites (tertiary alicyclic amines) is 1. The van der Waals surface area contributed by atoms with E-state index in [-0.39, 0.29) is 11.9 Å². The van der Waals surface area contributed by atoms with Gasteiger partial charge >= 0.3 is 0 Å². The largest absolute Gasteiger partial charge is 0.298 e. The zero-order chi connectivity index (χ0) is 24.9. The summed E-state index contributed by atoms with van der Waals surface area (Å²) in [5, 5.41) is 2.11. The Bertz CT molecular complexity index is 973. The molecule has 3 fully saturated rings. The molecule has 5 nitrogen and oxygen atoms in total. The van der Waals surface area contributed by atoms with E-state index in [9.17, 15) is 4.79 Å². The third-order valence-electron chi connectivity index (χ3n) is 8.63. The van der Waals surface area contributed by atoms with Crippen molar-refractivity contribution in [2.75, 3.05) is 32.7 Å². The van der Waals surface area contributed by atoms with E-state index < -0.39 is 0 Å². The topological polar surface area (TPSA) is 38.8 Å². The first-order chi connectivity index (χ1) is 17.6. The molecule has 2 bridgehead atoms. The van der Waals surface area contributed by atoms with Gasteiger partial charge in [-0.05, 0) is 75.1 Å². The summed E-state index contributed by atoms with van der Waals surface area (Å²) in [4.78, 5) is 18.4. The van der Waals surface area contributed by atoms with Crippen LogP contribution in [0.2, 0.25) is 0 Å². The van der Waals surface area contributed by atoms with Crippen LogP contribution in [0.5, 0.6) is 0 Å². The van der Waals surface area contributed by atoms with Gasteiger partial charge in [0.05, 0.1) is 6.04 Å². The summed E-state index contributed by atoms with van der Waals surface area (Å²) in [6, 6.07) is 10.0. The number of allylic oxidation sites excluding steroid dienone is 3. The highest BCUT2D eigenvalue weighted by Crippen LogP contribution is 2.43. The number of fused-ring (bicyclic) bond motifs is 2. The number of nitrogens with one attached hydrogen (secondary N) is 1. The van der Waals surface area contributed by atoms with Gasteiger partial charge in [0.2, 0.25) is 0 Å². The lowest BCUT2D eigenvalue weighted by molar-refractivity contribution is 0.0794. The molecule has 0 saturated carbocycles. The maximum Gasteiger partial charge on any atom is 0.265 e. The van der Waals surface area contributed by atoms with Crippen LogP contribution in [0.3, 0.4) is 0 Å². The van der Waals surface area contributed by atoms with Crippen molar-refractivity contribution in [3.63, 3.8) is 0 Å². The maximum atomic E-state index is 13.0. The molecule has 3 unspecified atom stereocenters. The summed E-state index contributed by atoms with van der Waals surface area (Å²) >= 11 is 0. The SMILES string of the molecule is C=CCN1CCC2CCC(C1)N2C(C1=CC(C)=CCC1)c1ccc(C(=O)NN2CCCCCC2)cc1. The van der Waals surface area contributed by atoms with Crippen molar-refractivity contribution in [2.24, 2.45) is 0 Å². The van der Waals surface area contributed by atoms with Crippen molar-refractivity contribution in [3.05, 3.63) is 71.3 Å². The fraction of sp³-hybridized carbons (Fsp3) is 0.581. The molecule has 0 aromatic heterocycles. The van der Waals surface area contributed by atoms with E-state index >= 15 is 0 Å². The van der Waals surface area contributed by atoms with E-state index in [0.29, 0.717) is 12.1 Å². The average molecular weight is 489 g/mol. The molecule has 3 saturated heterocycles. The number of nitrogens with zero attached hydrogens (tertiary/aromatic N) is 3. The predicted octanol–water partition coefficient (Wildman–Crippen LogP) is 5.64. The molecule has 1 aliphatic carbocycles. The highest BCUT2D eigenvalue weighted by atomic mass is 16.2. The van der Waals surface area contributed by atoms with Gasteiger partial charge in [0.25, 0.3) is 5.91 Å². The summed E-state index contributed by atoms with van der Waals surface area (Å²) in [5.74, 6) is 0.0190. The second kappa shape index (κ2) is 11.9. The second-order valence-electron chi connectivity index (χ2n) is 11.2. The predicted molar refractivity (Wildman–Crippen MR) is 148 cm³/mol. The van der Waals surface area contributed by atoms with E-state index in [0.717, 1.165) is 64.0 Å². The van der Waals surface area contributed by atoms with Crippen molar-refractivity contribution < 1.29 is 4.79 Å². The van der Waals surface area contributed by atoms with Crippen molar-refractivity contribution in [2.45, 2.75) is 82.8 Å². The standard InChI is InChI=1S/C31H44N4O/c1-3-18-33-21-17-28-15-16-29(23-33)35(28)30(27-10-8-9-24(2)22-27)25-11-13-26(14-12-25)31(36)32-34-19-6-4-5-7-20-34/h3,9,11-14,22,28-30H,1,4-8,10,15-21,23H2,2H3,(H,32,36). The smallest absolute Gasteiger partial charge is 0.265 e. The van der Waals surface area contributed by atoms with Crippen LogP contribution < -0.4 is 5.43 Å². The summed E-state index contributed by atoms with van der Waals surface area (Å²) < 4.78 is 0. The van der Waals surface area contributed by atoms with Gasteiger partial charge < -0.3 is 0 Å². The molecule has 4 aliphatic rings. The minimum atomic E-state index is 0.0190. The third-order valence-corrected chi connectivity index (χ3v) is 8.63. The number of carbonyl (C=O) groups excluding carboxylic acids is 1. The number of carbonyl (C=O) groups is 1. The third kappa shape index (κ3) is 5.85. The molecule has 0 spiro atoms. The van der Waals surface area contributed by atoms with Crippen LogP contribution in [-0.2, 0) is 0 Å². The Morgan fingerprint density at radius 2 is 1.81 bits per heavy atom. The molecule has 36 heavy (non-hydrogen) atoms. The van der Waals surface area contributed by atoms with Crippen molar-refractivity contribution in [1.82, 2.24) is 20.2 Å². The summed E-state index contributed by atoms with van der Waals surface area (Å²) in [6.45, 7) is 11.4. The van der Waals surface area contributed by atoms with E-state index in [1.807, 2.05) is 18.2 Å². The molecule has 3 heterocycles. The summed E-state index contributed by atoms with van der Waals surface area (Å²) in [6.07, 6.45) is 17.7. The highest BCUT2D eigenvalue weighted by molar-refractivity contribution is 5.93. The van der Waals surface area contributed by atoms with Gasteiger partial charge in [-0.2, -0.15) is 0 Å². The Hall–Kier alpha value is -2.21. The number of hydrogen-bond donors (Lipinski definition) is 1. The molecule has 1 aromatic rings. The lowest BCUT2D eigenvalue weighted by atomic mass is 9.87. The van der Waals surface area contributed by atoms with Crippen LogP contribution in [-0.4, -0.2) is 65.5 Å². The zero-order valence-electron chi connectivity index (χ0n) is 22.1. The van der Waals surface area contributed by atoms with Crippen molar-refractivity contribution in [1.29, 1.82) is 0 Å². The van der Waals surface area contributed by atoms with Crippen LogP contribution in [0.4, 0.5) is 0 Å². The normalized spacial score (nSPS) is 26.9. The minimum absolute atomic E-state index is 0.0190. The first kappa shape index (κ1) is 25.4. The fourth-order valence-corrected chi connectivity index (χ4v) is 6.84. The molecule has 0 radical (unpaired) electrons. The van der Waals surface area contributed by atoms with Crippen LogP contribution in [0.15, 0.2) is 60.2 Å². The molecular weight excluding hydrogens is 444 g/mol. The fourth-order valence-electron chi connectivity index (χ4n) is 6.84. The molecule has 5 heteroatoms. The van der Waals surface area contributed by atoms with Crippen molar-refractivity contribution in [3.8, 4) is 0 Å². The van der Waals surface area contributed by atoms with E-state index in [1.165, 1.54) is 48.8 Å². The van der Waals surface area contributed by atoms with Crippen LogP contribution in [0.25, 0.3) is 0 Å². The first-order valence-electron chi connectivity index (χ1n) is 14.3. The molecule has 1 aromatic carbocycles. The van der Waals surface area contributed by atoms with Crippen LogP contribution >= 0.6 is 0 Å². The van der Waals surface area contributed by atoms with Gasteiger partial charge in [-0.25, -0.2) is 5.01 Å². The number of benzene rings is 1. The maximum absolute atomic E-state index is 13.0. The van der Waals surface area contributed by atoms with Gasteiger partial charge in [0, 0.05) is 50.4 Å². The molecular formula is C31H44N4O. The summed E-state index contributed by atoms with van der Waals surface area (Å²) in [7, 11) is 0. The first-order valence-corrected chi connectivity index (χ1v) is 14.3. The van der Waals surface area contributed by atoms with E-state index in [2.05, 4.69) is 58.0 Å². The molecule has 1 N–H and O–H groups in total. The Balaban J connectivity index is 1.39. The van der Waals surface area contributed by atoms with Gasteiger partial charge in [-0.15, -0.1) is 6.58 Å². The Labute approximate surface area is 217 Å². The number of hydrazine groups is 1. The number of rotatable bonds is 7. The van der Waals surface area contributed by atoms with Crippen molar-refractivity contribution >= 4 is 5.91 Å². The summed E-state index contributed by atoms with van der Waals surface area (Å²) in [5.41, 5.74) is 8.16. The van der Waals surface area contributed by atoms with Gasteiger partial charge in [0.15, 0.2) is 0 Å². The van der Waals surface area contributed by atoms with Gasteiger partial charge in [-0.1, -0.05) is 48.8 Å². The molecule has 194 valence electrons. The second-order valence-corrected chi connectivity index (χ2v) is 11.2. The van der Waals surface area contributed by atoms with Crippen LogP contribution in [0, 0.1) is 0 Å². The van der Waals surface area contributed by atoms with Crippen LogP contribution in [0.1, 0.15) is 86.7 Å². The monoisotopic (exact) mass is 488 g/mol. The van der Waals surface area contributed by atoms with Gasteiger partial charge in [-0.3, -0.25) is 20.0 Å². The minimum Gasteiger partial charge on any atom is -0.298 e. The molecule has 3 atom stereocenters. The van der Waals surface area contributed by atoms with E-state index in [1.54, 1.807) is 0 Å². The van der Waals surface area contributed by atoms with Gasteiger partial charge in [0.1, 0.15) is 0 Å². The van der Waals surface area contributed by atoms with E-state index in [4.69, 9.17) is 0 Å². The highest BCUT2D eigenvalue weighted by Gasteiger charge is 2.42. The lowest BCUT2D eigenvalue weighted by Gasteiger charge is -2.39. The lowest BCUT2D eigenvalue weighted by Crippen LogP contribution is -2.43. The Morgan fingerprint density at radius 3 is 2.53 bits per heavy atom. The average Bonchev–Trinajstić information content (AvgIpc) is 3.01.